The Bertz CT molecular complexity index is 4680. The standard InChI is InChI=1S/C54H37N3/c1-3-15-36(16-4-1)37-17-13-20-40(33-37)57-51-28-12-7-21-43(51)46-25-14-24-42(54(46)57)38-29-31-52-47(34-38)44-22-8-11-27-50(44)56(52)41-30-32-53-48(35-41)45-23-9-10-26-49(45)55(53)39-18-5-2-6-19-39/h1,3-5,7-35H,2,6H2/i7D,8D,9D,10D,11D,12D,14D,21D,22D,23D,24D,25D,26D,27D,28D,29D,30D,31D,32D,34D,35D. The monoisotopic (exact) mass is 748 g/mol. The van der Waals surface area contributed by atoms with Crippen molar-refractivity contribution in [2.45, 2.75) is 12.8 Å². The fraction of sp³-hybridized carbons (Fsp3) is 0.0370. The Morgan fingerprint density at radius 3 is 1.82 bits per heavy atom. The van der Waals surface area contributed by atoms with Gasteiger partial charge < -0.3 is 13.7 Å². The topological polar surface area (TPSA) is 14.8 Å². The van der Waals surface area contributed by atoms with Gasteiger partial charge in [0.05, 0.1) is 61.9 Å². The van der Waals surface area contributed by atoms with E-state index in [0.717, 1.165) is 10.1 Å². The third-order valence-electron chi connectivity index (χ3n) is 10.4. The minimum absolute atomic E-state index is 0.105. The number of nitrogens with zero attached hydrogens (tertiary/aromatic N) is 3. The number of rotatable bonds is 5. The molecule has 8 aromatic carbocycles. The molecule has 0 saturated carbocycles. The fourth-order valence-electron chi connectivity index (χ4n) is 7.97. The molecular formula is C54H37N3. The number of aromatic nitrogens is 3. The lowest BCUT2D eigenvalue weighted by Gasteiger charge is -2.14. The summed E-state index contributed by atoms with van der Waals surface area (Å²) in [7, 11) is 0. The van der Waals surface area contributed by atoms with Crippen molar-refractivity contribution in [2.75, 3.05) is 0 Å². The molecule has 57 heavy (non-hydrogen) atoms. The third kappa shape index (κ3) is 4.85. The molecule has 0 spiro atoms. The van der Waals surface area contributed by atoms with E-state index in [0.29, 0.717) is 24.1 Å². The summed E-state index contributed by atoms with van der Waals surface area (Å²) in [4.78, 5) is 0. The van der Waals surface area contributed by atoms with E-state index in [1.54, 1.807) is 36.4 Å². The van der Waals surface area contributed by atoms with Gasteiger partial charge in [-0.1, -0.05) is 133 Å². The van der Waals surface area contributed by atoms with Crippen LogP contribution in [-0.2, 0) is 0 Å². The average molecular weight is 749 g/mol. The van der Waals surface area contributed by atoms with Crippen LogP contribution < -0.4 is 0 Å². The third-order valence-corrected chi connectivity index (χ3v) is 10.4. The van der Waals surface area contributed by atoms with Gasteiger partial charge in [0.25, 0.3) is 0 Å². The number of hydrogen-bond acceptors (Lipinski definition) is 0. The van der Waals surface area contributed by atoms with Crippen LogP contribution in [0, 0.1) is 0 Å². The lowest BCUT2D eigenvalue weighted by Crippen LogP contribution is -1.98. The highest BCUT2D eigenvalue weighted by molar-refractivity contribution is 6.16. The predicted molar refractivity (Wildman–Crippen MR) is 242 cm³/mol. The second kappa shape index (κ2) is 12.6. The molecule has 0 saturated heterocycles. The summed E-state index contributed by atoms with van der Waals surface area (Å²) in [5, 5.41) is -1.79. The summed E-state index contributed by atoms with van der Waals surface area (Å²) in [5.41, 5.74) is -1.21. The Morgan fingerprint density at radius 2 is 1.05 bits per heavy atom. The van der Waals surface area contributed by atoms with Crippen molar-refractivity contribution >= 4 is 71.1 Å². The maximum Gasteiger partial charge on any atom is 0.0652 e. The van der Waals surface area contributed by atoms with Crippen LogP contribution in [0.2, 0.25) is 0 Å². The molecule has 11 aromatic rings. The highest BCUT2D eigenvalue weighted by Gasteiger charge is 2.20. The predicted octanol–water partition coefficient (Wildman–Crippen LogP) is 14.5. The van der Waals surface area contributed by atoms with Gasteiger partial charge in [-0.2, -0.15) is 0 Å². The molecule has 0 unspecified atom stereocenters. The van der Waals surface area contributed by atoms with Crippen LogP contribution in [0.5, 0.6) is 0 Å². The van der Waals surface area contributed by atoms with E-state index in [1.807, 2.05) is 36.4 Å². The molecule has 0 N–H and O–H groups in total. The number of allylic oxidation sites excluding steroid dienone is 4. The highest BCUT2D eigenvalue weighted by atomic mass is 15.0. The van der Waals surface area contributed by atoms with E-state index >= 15 is 0 Å². The summed E-state index contributed by atoms with van der Waals surface area (Å²) in [6, 6.07) is 1.38. The molecule has 3 nitrogen and oxygen atoms in total. The van der Waals surface area contributed by atoms with Crippen LogP contribution in [0.25, 0.3) is 105 Å². The first kappa shape index (κ1) is 17.6. The maximum absolute atomic E-state index is 10.2. The first-order chi connectivity index (χ1) is 37.1. The van der Waals surface area contributed by atoms with Crippen molar-refractivity contribution in [1.82, 2.24) is 13.7 Å². The van der Waals surface area contributed by atoms with Crippen molar-refractivity contribution in [1.29, 1.82) is 0 Å². The van der Waals surface area contributed by atoms with Crippen molar-refractivity contribution in [3.63, 3.8) is 0 Å². The molecule has 0 amide bonds. The van der Waals surface area contributed by atoms with Gasteiger partial charge in [-0.25, -0.2) is 0 Å². The normalized spacial score (nSPS) is 18.3. The molecule has 0 atom stereocenters. The summed E-state index contributed by atoms with van der Waals surface area (Å²) in [6.07, 6.45) is 6.47. The zero-order chi connectivity index (χ0) is 55.7. The highest BCUT2D eigenvalue weighted by Crippen LogP contribution is 2.42. The molecule has 3 heterocycles. The van der Waals surface area contributed by atoms with Gasteiger partial charge in [-0.15, -0.1) is 0 Å². The van der Waals surface area contributed by atoms with Crippen LogP contribution in [-0.4, -0.2) is 13.7 Å². The number of benzene rings is 8. The van der Waals surface area contributed by atoms with Crippen molar-refractivity contribution in [3.8, 4) is 33.6 Å². The summed E-state index contributed by atoms with van der Waals surface area (Å²) in [6.45, 7) is 0. The maximum atomic E-state index is 10.2. The van der Waals surface area contributed by atoms with E-state index in [4.69, 9.17) is 9.60 Å². The molecule has 3 aromatic heterocycles. The Labute approximate surface area is 359 Å². The molecule has 1 aliphatic carbocycles. The van der Waals surface area contributed by atoms with Crippen LogP contribution >= 0.6 is 0 Å². The lowest BCUT2D eigenvalue weighted by atomic mass is 9.99. The smallest absolute Gasteiger partial charge is 0.0652 e. The van der Waals surface area contributed by atoms with Crippen LogP contribution in [0.1, 0.15) is 41.6 Å². The quantitative estimate of drug-likeness (QED) is 0.166. The van der Waals surface area contributed by atoms with Gasteiger partial charge in [-0.3, -0.25) is 0 Å². The lowest BCUT2D eigenvalue weighted by molar-refractivity contribution is 1.02. The van der Waals surface area contributed by atoms with Crippen molar-refractivity contribution in [2.24, 2.45) is 0 Å². The molecule has 0 aliphatic heterocycles. The molecule has 0 bridgehead atoms. The molecule has 12 rings (SSSR count). The number of hydrogen-bond donors (Lipinski definition) is 0. The number of fused-ring (bicyclic) bond motifs is 9. The Hall–Kier alpha value is -7.36. The molecule has 3 heteroatoms. The Balaban J connectivity index is 1.29. The van der Waals surface area contributed by atoms with E-state index in [1.165, 1.54) is 9.13 Å². The zero-order valence-corrected chi connectivity index (χ0v) is 29.7. The van der Waals surface area contributed by atoms with Crippen LogP contribution in [0.15, 0.2) is 200 Å². The van der Waals surface area contributed by atoms with E-state index in [2.05, 4.69) is 0 Å². The molecule has 1 aliphatic rings. The van der Waals surface area contributed by atoms with Gasteiger partial charge >= 0.3 is 0 Å². The van der Waals surface area contributed by atoms with Gasteiger partial charge in [0, 0.05) is 55.0 Å². The molecule has 268 valence electrons. The van der Waals surface area contributed by atoms with Gasteiger partial charge in [0.2, 0.25) is 0 Å². The Kier molecular flexibility index (Phi) is 3.89. The second-order valence-corrected chi connectivity index (χ2v) is 13.6. The minimum atomic E-state index is -0.847. The van der Waals surface area contributed by atoms with E-state index in [9.17, 15) is 19.2 Å². The molecule has 0 fully saturated rings. The SMILES string of the molecule is [2H]c1c([2H])c([2H])c2c(c1[2H])c1c([2H])c(-n3c4c([2H])c([2H])c([2H])c([2H])c4c4c([2H])c(-c5c([2H])c([2H])c([2H])c6c7c([2H])c([2H])c([2H])c([2H])c7n(-c7cccc(-c8ccccc8)c7)c56)c([2H])c([2H])c43)c([2H])c([2H])c1n2C1=CCCC=C1. The minimum Gasteiger partial charge on any atom is -0.310 e. The molecule has 0 radical (unpaired) electrons. The van der Waals surface area contributed by atoms with Crippen molar-refractivity contribution < 1.29 is 28.8 Å². The molecular weight excluding hydrogens is 691 g/mol. The van der Waals surface area contributed by atoms with E-state index in [-0.39, 0.29) is 49.3 Å². The van der Waals surface area contributed by atoms with Crippen LogP contribution in [0.3, 0.4) is 0 Å². The average Bonchev–Trinajstić information content (AvgIpc) is 3.68. The van der Waals surface area contributed by atoms with Crippen molar-refractivity contribution in [3.05, 3.63) is 200 Å². The largest absolute Gasteiger partial charge is 0.310 e. The van der Waals surface area contributed by atoms with Gasteiger partial charge in [0.15, 0.2) is 0 Å². The second-order valence-electron chi connectivity index (χ2n) is 13.6. The van der Waals surface area contributed by atoms with Crippen LogP contribution in [0.4, 0.5) is 0 Å². The summed E-state index contributed by atoms with van der Waals surface area (Å²) >= 11 is 0. The summed E-state index contributed by atoms with van der Waals surface area (Å²) < 4.78 is 200. The summed E-state index contributed by atoms with van der Waals surface area (Å²) in [5.74, 6) is 0. The number of para-hydroxylation sites is 4. The van der Waals surface area contributed by atoms with Gasteiger partial charge in [-0.05, 0) is 96.1 Å². The van der Waals surface area contributed by atoms with E-state index < -0.39 is 166 Å². The zero-order valence-electron chi connectivity index (χ0n) is 50.7. The first-order valence-corrected chi connectivity index (χ1v) is 18.2. The Morgan fingerprint density at radius 1 is 0.421 bits per heavy atom. The van der Waals surface area contributed by atoms with Gasteiger partial charge in [0.1, 0.15) is 0 Å². The first-order valence-electron chi connectivity index (χ1n) is 28.7. The fourth-order valence-corrected chi connectivity index (χ4v) is 7.97.